The fourth-order valence-electron chi connectivity index (χ4n) is 6.42. The number of halogens is 1. The maximum absolute atomic E-state index is 5.97. The van der Waals surface area contributed by atoms with Crippen LogP contribution >= 0.6 is 12.4 Å². The lowest BCUT2D eigenvalue weighted by Crippen LogP contribution is -2.36. The number of para-hydroxylation sites is 1. The minimum atomic E-state index is -1.09. The van der Waals surface area contributed by atoms with Crippen LogP contribution < -0.4 is 9.80 Å². The predicted octanol–water partition coefficient (Wildman–Crippen LogP) is 6.94. The summed E-state index contributed by atoms with van der Waals surface area (Å²) in [6.45, 7) is 15.7. The van der Waals surface area contributed by atoms with Crippen molar-refractivity contribution in [3.8, 4) is 11.3 Å². The van der Waals surface area contributed by atoms with Gasteiger partial charge in [0.05, 0.1) is 44.2 Å². The Kier molecular flexibility index (Phi) is 12.2. The highest BCUT2D eigenvalue weighted by molar-refractivity contribution is 6.76. The van der Waals surface area contributed by atoms with Gasteiger partial charge in [-0.05, 0) is 41.9 Å². The lowest BCUT2D eigenvalue weighted by Gasteiger charge is -2.28. The van der Waals surface area contributed by atoms with E-state index in [2.05, 4.69) is 100 Å². The van der Waals surface area contributed by atoms with E-state index in [1.165, 1.54) is 11.1 Å². The van der Waals surface area contributed by atoms with Crippen molar-refractivity contribution >= 4 is 48.7 Å². The summed E-state index contributed by atoms with van der Waals surface area (Å²) >= 11 is 0. The first-order chi connectivity index (χ1) is 24.4. The van der Waals surface area contributed by atoms with E-state index in [-0.39, 0.29) is 12.4 Å². The molecule has 2 saturated heterocycles. The van der Waals surface area contributed by atoms with Crippen LogP contribution in [0.4, 0.5) is 11.6 Å². The zero-order chi connectivity index (χ0) is 34.3. The van der Waals surface area contributed by atoms with Crippen molar-refractivity contribution < 1.29 is 14.2 Å². The van der Waals surface area contributed by atoms with E-state index in [0.717, 1.165) is 117 Å². The van der Waals surface area contributed by atoms with Gasteiger partial charge in [0.1, 0.15) is 24.1 Å². The first kappa shape index (κ1) is 36.7. The number of hydrogen-bond acceptors (Lipinski definition) is 9. The van der Waals surface area contributed by atoms with Crippen LogP contribution in [0.5, 0.6) is 0 Å². The number of rotatable bonds is 9. The Morgan fingerprint density at radius 1 is 0.745 bits per heavy atom. The zero-order valence-electron chi connectivity index (χ0n) is 29.8. The van der Waals surface area contributed by atoms with Crippen LogP contribution in [0.2, 0.25) is 25.7 Å². The molecule has 3 aromatic heterocycles. The Bertz CT molecular complexity index is 1930. The monoisotopic (exact) mass is 725 g/mol. The van der Waals surface area contributed by atoms with E-state index in [9.17, 15) is 0 Å². The van der Waals surface area contributed by atoms with E-state index >= 15 is 0 Å². The maximum atomic E-state index is 5.97. The summed E-state index contributed by atoms with van der Waals surface area (Å²) < 4.78 is 18.8. The topological polar surface area (TPSA) is 90.1 Å². The molecule has 0 N–H and O–H groups in total. The zero-order valence-corrected chi connectivity index (χ0v) is 31.6. The number of nitrogens with zero attached hydrogens (tertiary/aromatic N) is 7. The van der Waals surface area contributed by atoms with Crippen molar-refractivity contribution in [1.82, 2.24) is 19.7 Å². The third-order valence-electron chi connectivity index (χ3n) is 9.26. The van der Waals surface area contributed by atoms with Crippen LogP contribution in [-0.2, 0) is 27.5 Å². The van der Waals surface area contributed by atoms with Gasteiger partial charge in [0.25, 0.3) is 0 Å². The number of benzene rings is 2. The number of morpholine rings is 2. The molecule has 2 fully saturated rings. The fourth-order valence-corrected chi connectivity index (χ4v) is 7.17. The lowest BCUT2D eigenvalue weighted by atomic mass is 10.0. The van der Waals surface area contributed by atoms with Crippen LogP contribution in [-0.4, -0.2) is 92.7 Å². The Balaban J connectivity index is 0.000000180. The largest absolute Gasteiger partial charge is 0.378 e. The van der Waals surface area contributed by atoms with Crippen molar-refractivity contribution in [1.29, 1.82) is 0 Å². The molecule has 0 spiro atoms. The first-order valence-electron chi connectivity index (χ1n) is 17.7. The number of hydrogen-bond donors (Lipinski definition) is 0. The summed E-state index contributed by atoms with van der Waals surface area (Å²) in [6, 6.07) is 26.3. The van der Waals surface area contributed by atoms with Crippen LogP contribution in [0.25, 0.3) is 22.2 Å². The summed E-state index contributed by atoms with van der Waals surface area (Å²) in [5, 5.41) is 6.05. The van der Waals surface area contributed by atoms with Gasteiger partial charge in [0.15, 0.2) is 0 Å². The van der Waals surface area contributed by atoms with Crippen LogP contribution in [0.15, 0.2) is 90.2 Å². The SMILES string of the molecule is C[Si](C)(C)CCOCn1nc(-c2ccnc(N3CCOCC3)c2)c2ccccc21.Cl.c1ccc2c(c1)CN=C2c1ccnc(N2CCOCC2)c1. The smallest absolute Gasteiger partial charge is 0.140 e. The molecule has 3 aliphatic heterocycles. The summed E-state index contributed by atoms with van der Waals surface area (Å²) in [6.07, 6.45) is 3.75. The quantitative estimate of drug-likeness (QED) is 0.119. The molecular formula is C39H48ClN7O3Si. The molecule has 268 valence electrons. The standard InChI is InChI=1S/C22H30N4O2Si.C17H17N3O.ClH/c1-29(2,3)15-14-28-17-26-20-7-5-4-6-19(20)22(24-26)18-8-9-23-21(16-18)25-10-12-27-13-11-25;1-2-4-15-14(3-1)12-19-17(15)13-5-6-18-16(11-13)20-7-9-21-10-8-20;/h4-9,16H,10-15,17H2,1-3H3;1-6,11H,7-10,12H2;1H. The van der Waals surface area contributed by atoms with Gasteiger partial charge >= 0.3 is 0 Å². The molecule has 0 radical (unpaired) electrons. The third-order valence-corrected chi connectivity index (χ3v) is 11.0. The minimum absolute atomic E-state index is 0. The second kappa shape index (κ2) is 16.9. The minimum Gasteiger partial charge on any atom is -0.378 e. The number of anilines is 2. The van der Waals surface area contributed by atoms with Crippen molar-refractivity contribution in [3.63, 3.8) is 0 Å². The van der Waals surface area contributed by atoms with Crippen molar-refractivity contribution in [2.75, 3.05) is 69.0 Å². The molecule has 0 saturated carbocycles. The highest BCUT2D eigenvalue weighted by atomic mass is 35.5. The molecule has 0 aliphatic carbocycles. The molecule has 0 atom stereocenters. The predicted molar refractivity (Wildman–Crippen MR) is 210 cm³/mol. The second-order valence-corrected chi connectivity index (χ2v) is 19.7. The van der Waals surface area contributed by atoms with Gasteiger partial charge in [-0.2, -0.15) is 5.10 Å². The number of aromatic nitrogens is 4. The molecule has 8 rings (SSSR count). The van der Waals surface area contributed by atoms with Crippen molar-refractivity contribution in [3.05, 3.63) is 102 Å². The normalized spacial score (nSPS) is 15.9. The average Bonchev–Trinajstić information content (AvgIpc) is 3.76. The molecule has 51 heavy (non-hydrogen) atoms. The highest BCUT2D eigenvalue weighted by Gasteiger charge is 2.20. The van der Waals surface area contributed by atoms with Crippen LogP contribution in [0.1, 0.15) is 16.7 Å². The molecule has 10 nitrogen and oxygen atoms in total. The van der Waals surface area contributed by atoms with Gasteiger partial charge in [-0.1, -0.05) is 62.1 Å². The highest BCUT2D eigenvalue weighted by Crippen LogP contribution is 2.30. The van der Waals surface area contributed by atoms with Crippen molar-refractivity contribution in [2.24, 2.45) is 4.99 Å². The van der Waals surface area contributed by atoms with E-state index < -0.39 is 8.07 Å². The Morgan fingerprint density at radius 2 is 1.35 bits per heavy atom. The van der Waals surface area contributed by atoms with Gasteiger partial charge < -0.3 is 24.0 Å². The molecular weight excluding hydrogens is 678 g/mol. The van der Waals surface area contributed by atoms with Crippen LogP contribution in [0, 0.1) is 0 Å². The second-order valence-electron chi connectivity index (χ2n) is 14.0. The van der Waals surface area contributed by atoms with Gasteiger partial charge in [0.2, 0.25) is 0 Å². The summed E-state index contributed by atoms with van der Waals surface area (Å²) in [7, 11) is -1.09. The molecule has 0 unspecified atom stereocenters. The molecule has 5 aromatic rings. The van der Waals surface area contributed by atoms with Gasteiger partial charge in [0, 0.05) is 75.3 Å². The Hall–Kier alpha value is -4.13. The molecule has 2 aromatic carbocycles. The summed E-state index contributed by atoms with van der Waals surface area (Å²) in [5.41, 5.74) is 7.94. The summed E-state index contributed by atoms with van der Waals surface area (Å²) in [4.78, 5) is 18.3. The maximum Gasteiger partial charge on any atom is 0.140 e. The van der Waals surface area contributed by atoms with Crippen molar-refractivity contribution in [2.45, 2.75) is 39.0 Å². The Morgan fingerprint density at radius 3 is 2.04 bits per heavy atom. The van der Waals surface area contributed by atoms with E-state index in [1.54, 1.807) is 0 Å². The van der Waals surface area contributed by atoms with E-state index in [1.807, 2.05) is 29.2 Å². The molecule has 0 bridgehead atoms. The molecule has 6 heterocycles. The van der Waals surface area contributed by atoms with E-state index in [0.29, 0.717) is 6.73 Å². The summed E-state index contributed by atoms with van der Waals surface area (Å²) in [5.74, 6) is 2.00. The van der Waals surface area contributed by atoms with Crippen LogP contribution in [0.3, 0.4) is 0 Å². The van der Waals surface area contributed by atoms with Gasteiger partial charge in [-0.25, -0.2) is 14.6 Å². The molecule has 3 aliphatic rings. The molecule has 12 heteroatoms. The van der Waals surface area contributed by atoms with E-state index in [4.69, 9.17) is 24.3 Å². The first-order valence-corrected chi connectivity index (χ1v) is 21.4. The third kappa shape index (κ3) is 9.03. The molecule has 0 amide bonds. The Labute approximate surface area is 307 Å². The average molecular weight is 726 g/mol. The lowest BCUT2D eigenvalue weighted by molar-refractivity contribution is 0.0818. The number of fused-ring (bicyclic) bond motifs is 2. The fraction of sp³-hybridized carbons (Fsp3) is 0.385. The number of ether oxygens (including phenoxy) is 3. The van der Waals surface area contributed by atoms with Gasteiger partial charge in [-0.3, -0.25) is 4.99 Å². The van der Waals surface area contributed by atoms with Gasteiger partial charge in [-0.15, -0.1) is 12.4 Å². The number of pyridine rings is 2. The number of aliphatic imine (C=N–C) groups is 1.